The zero-order valence-electron chi connectivity index (χ0n) is 12.4. The average molecular weight is 348 g/mol. The van der Waals surface area contributed by atoms with E-state index in [1.807, 2.05) is 18.2 Å². The van der Waals surface area contributed by atoms with Crippen molar-refractivity contribution in [2.24, 2.45) is 11.8 Å². The highest BCUT2D eigenvalue weighted by Gasteiger charge is 2.28. The molecule has 1 saturated carbocycles. The first-order valence-corrected chi connectivity index (χ1v) is 8.71. The average Bonchev–Trinajstić information content (AvgIpc) is 2.55. The number of nitrogens with zero attached hydrogens (tertiary/aromatic N) is 1. The highest BCUT2D eigenvalue weighted by atomic mass is 79.9. The van der Waals surface area contributed by atoms with E-state index in [0.717, 1.165) is 39.7 Å². The number of hydrogen-bond acceptors (Lipinski definition) is 2. The maximum Gasteiger partial charge on any atom is 0.0839 e. The highest BCUT2D eigenvalue weighted by molar-refractivity contribution is 9.10. The second kappa shape index (κ2) is 6.45. The van der Waals surface area contributed by atoms with E-state index in [2.05, 4.69) is 33.9 Å². The number of aliphatic hydroxyl groups excluding tert-OH is 1. The summed E-state index contributed by atoms with van der Waals surface area (Å²) >= 11 is 3.58. The summed E-state index contributed by atoms with van der Waals surface area (Å²) in [7, 11) is 0. The molecule has 3 atom stereocenters. The van der Waals surface area contributed by atoms with E-state index >= 15 is 0 Å². The molecule has 1 aliphatic carbocycles. The zero-order valence-corrected chi connectivity index (χ0v) is 14.0. The summed E-state index contributed by atoms with van der Waals surface area (Å²) in [5, 5.41) is 12.0. The van der Waals surface area contributed by atoms with Crippen LogP contribution in [0, 0.1) is 11.8 Å². The summed E-state index contributed by atoms with van der Waals surface area (Å²) in [5.41, 5.74) is 1.91. The van der Waals surface area contributed by atoms with E-state index < -0.39 is 6.10 Å². The van der Waals surface area contributed by atoms with Crippen molar-refractivity contribution in [3.63, 3.8) is 0 Å². The van der Waals surface area contributed by atoms with Gasteiger partial charge in [0.15, 0.2) is 0 Å². The molecule has 0 saturated heterocycles. The molecule has 2 aromatic rings. The van der Waals surface area contributed by atoms with Crippen LogP contribution in [0.1, 0.15) is 50.7 Å². The summed E-state index contributed by atoms with van der Waals surface area (Å²) in [5.74, 6) is 1.14. The van der Waals surface area contributed by atoms with Gasteiger partial charge in [-0.15, -0.1) is 0 Å². The van der Waals surface area contributed by atoms with Crippen molar-refractivity contribution in [3.8, 4) is 0 Å². The fraction of sp³-hybridized carbons (Fsp3) is 0.500. The quantitative estimate of drug-likeness (QED) is 0.822. The van der Waals surface area contributed by atoms with Crippen molar-refractivity contribution in [1.29, 1.82) is 0 Å². The van der Waals surface area contributed by atoms with Crippen LogP contribution in [0.4, 0.5) is 0 Å². The molecule has 1 heterocycles. The first kappa shape index (κ1) is 15.0. The van der Waals surface area contributed by atoms with E-state index in [9.17, 15) is 5.11 Å². The van der Waals surface area contributed by atoms with Crippen LogP contribution >= 0.6 is 15.9 Å². The number of fused-ring (bicyclic) bond motifs is 1. The number of hydrogen-bond donors (Lipinski definition) is 1. The smallest absolute Gasteiger partial charge is 0.0839 e. The summed E-state index contributed by atoms with van der Waals surface area (Å²) in [6.45, 7) is 2.26. The second-order valence-corrected chi connectivity index (χ2v) is 7.04. The van der Waals surface area contributed by atoms with E-state index in [4.69, 9.17) is 0 Å². The van der Waals surface area contributed by atoms with Crippen LogP contribution in [0.3, 0.4) is 0 Å². The summed E-state index contributed by atoms with van der Waals surface area (Å²) in [6, 6.07) is 8.05. The van der Waals surface area contributed by atoms with Crippen LogP contribution in [-0.4, -0.2) is 10.1 Å². The van der Waals surface area contributed by atoms with Gasteiger partial charge in [-0.05, 0) is 36.8 Å². The highest BCUT2D eigenvalue weighted by Crippen LogP contribution is 2.40. The Morgan fingerprint density at radius 1 is 1.33 bits per heavy atom. The lowest BCUT2D eigenvalue weighted by Gasteiger charge is -2.32. The van der Waals surface area contributed by atoms with Gasteiger partial charge in [-0.1, -0.05) is 54.2 Å². The largest absolute Gasteiger partial charge is 0.388 e. The Hall–Kier alpha value is -0.930. The Morgan fingerprint density at radius 2 is 2.19 bits per heavy atom. The predicted octanol–water partition coefficient (Wildman–Crippen LogP) is 5.25. The van der Waals surface area contributed by atoms with E-state index in [1.54, 1.807) is 6.20 Å². The van der Waals surface area contributed by atoms with Crippen LogP contribution in [0.25, 0.3) is 10.9 Å². The first-order chi connectivity index (χ1) is 10.2. The number of aromatic nitrogens is 1. The predicted molar refractivity (Wildman–Crippen MR) is 90.1 cm³/mol. The van der Waals surface area contributed by atoms with Crippen molar-refractivity contribution in [2.75, 3.05) is 0 Å². The maximum atomic E-state index is 10.9. The Balaban J connectivity index is 1.94. The Morgan fingerprint density at radius 3 is 3.00 bits per heavy atom. The van der Waals surface area contributed by atoms with Crippen LogP contribution in [0.2, 0.25) is 0 Å². The molecule has 0 spiro atoms. The lowest BCUT2D eigenvalue weighted by molar-refractivity contribution is 0.0687. The first-order valence-electron chi connectivity index (χ1n) is 7.92. The summed E-state index contributed by atoms with van der Waals surface area (Å²) in [6.07, 6.45) is 7.46. The van der Waals surface area contributed by atoms with Gasteiger partial charge in [0.05, 0.1) is 11.6 Å². The number of aliphatic hydroxyl groups is 1. The van der Waals surface area contributed by atoms with E-state index in [1.165, 1.54) is 19.3 Å². The molecule has 1 aromatic heterocycles. The van der Waals surface area contributed by atoms with E-state index in [-0.39, 0.29) is 0 Å². The number of pyridine rings is 1. The molecule has 3 heteroatoms. The van der Waals surface area contributed by atoms with Gasteiger partial charge in [0.1, 0.15) is 0 Å². The van der Waals surface area contributed by atoms with Gasteiger partial charge in [0.2, 0.25) is 0 Å². The molecule has 1 aliphatic rings. The number of benzene rings is 1. The van der Waals surface area contributed by atoms with Crippen molar-refractivity contribution in [3.05, 3.63) is 40.5 Å². The van der Waals surface area contributed by atoms with Crippen molar-refractivity contribution >= 4 is 26.8 Å². The fourth-order valence-corrected chi connectivity index (χ4v) is 4.09. The van der Waals surface area contributed by atoms with Gasteiger partial charge in [-0.25, -0.2) is 0 Å². The zero-order chi connectivity index (χ0) is 14.8. The molecule has 0 radical (unpaired) electrons. The van der Waals surface area contributed by atoms with Gasteiger partial charge in [-0.3, -0.25) is 4.98 Å². The molecule has 0 bridgehead atoms. The standard InChI is InChI=1S/C18H22BrNO/c1-2-12-5-3-6-13(11-12)18(21)15-8-9-16(19)14-7-4-10-20-17(14)15/h4,7-10,12-13,18,21H,2-3,5-6,11H2,1H3. The van der Waals surface area contributed by atoms with Gasteiger partial charge < -0.3 is 5.11 Å². The molecule has 1 fully saturated rings. The molecule has 21 heavy (non-hydrogen) atoms. The molecule has 3 unspecified atom stereocenters. The molecular weight excluding hydrogens is 326 g/mol. The molecular formula is C18H22BrNO. The van der Waals surface area contributed by atoms with Gasteiger partial charge in [-0.2, -0.15) is 0 Å². The fourth-order valence-electron chi connectivity index (χ4n) is 3.64. The molecule has 0 amide bonds. The minimum Gasteiger partial charge on any atom is -0.388 e. The second-order valence-electron chi connectivity index (χ2n) is 6.18. The van der Waals surface area contributed by atoms with Gasteiger partial charge >= 0.3 is 0 Å². The molecule has 2 nitrogen and oxygen atoms in total. The van der Waals surface area contributed by atoms with Crippen molar-refractivity contribution in [2.45, 2.75) is 45.1 Å². The minimum atomic E-state index is -0.398. The molecule has 3 rings (SSSR count). The lowest BCUT2D eigenvalue weighted by atomic mass is 9.76. The Bertz CT molecular complexity index is 628. The SMILES string of the molecule is CCC1CCCC(C(O)c2ccc(Br)c3cccnc23)C1. The summed E-state index contributed by atoms with van der Waals surface area (Å²) < 4.78 is 1.04. The Labute approximate surface area is 134 Å². The van der Waals surface area contributed by atoms with Crippen LogP contribution in [-0.2, 0) is 0 Å². The van der Waals surface area contributed by atoms with Gasteiger partial charge in [0, 0.05) is 21.6 Å². The number of rotatable bonds is 3. The Kier molecular flexibility index (Phi) is 4.60. The third kappa shape index (κ3) is 3.00. The van der Waals surface area contributed by atoms with Crippen LogP contribution in [0.15, 0.2) is 34.9 Å². The summed E-state index contributed by atoms with van der Waals surface area (Å²) in [4.78, 5) is 4.51. The number of halogens is 1. The third-order valence-electron chi connectivity index (χ3n) is 4.91. The van der Waals surface area contributed by atoms with Crippen LogP contribution < -0.4 is 0 Å². The molecule has 0 aliphatic heterocycles. The maximum absolute atomic E-state index is 10.9. The van der Waals surface area contributed by atoms with E-state index in [0.29, 0.717) is 5.92 Å². The minimum absolute atomic E-state index is 0.370. The van der Waals surface area contributed by atoms with Crippen molar-refractivity contribution in [1.82, 2.24) is 4.98 Å². The molecule has 1 aromatic carbocycles. The van der Waals surface area contributed by atoms with Gasteiger partial charge in [0.25, 0.3) is 0 Å². The molecule has 112 valence electrons. The lowest BCUT2D eigenvalue weighted by Crippen LogP contribution is -2.21. The molecule has 1 N–H and O–H groups in total. The topological polar surface area (TPSA) is 33.1 Å². The van der Waals surface area contributed by atoms with Crippen LogP contribution in [0.5, 0.6) is 0 Å². The van der Waals surface area contributed by atoms with Crippen molar-refractivity contribution < 1.29 is 5.11 Å². The monoisotopic (exact) mass is 347 g/mol. The third-order valence-corrected chi connectivity index (χ3v) is 5.61. The normalized spacial score (nSPS) is 24.1.